The lowest BCUT2D eigenvalue weighted by Crippen LogP contribution is -2.29. The highest BCUT2D eigenvalue weighted by Gasteiger charge is 2.27. The lowest BCUT2D eigenvalue weighted by atomic mass is 9.87. The molecule has 1 heterocycles. The molecule has 2 heteroatoms. The summed E-state index contributed by atoms with van der Waals surface area (Å²) in [6.07, 6.45) is 5.68. The first-order chi connectivity index (χ1) is 5.77. The van der Waals surface area contributed by atoms with Gasteiger partial charge in [-0.2, -0.15) is 0 Å². The molecular weight excluding hydrogens is 155 g/mol. The molecule has 0 spiro atoms. The molecule has 1 aliphatic heterocycles. The smallest absolute Gasteiger partial charge is 0.119 e. The van der Waals surface area contributed by atoms with Gasteiger partial charge in [0.25, 0.3) is 0 Å². The minimum atomic E-state index is -0.178. The Balaban J connectivity index is 2.24. The van der Waals surface area contributed by atoms with Gasteiger partial charge in [-0.25, -0.2) is 4.39 Å². The third kappa shape index (κ3) is 1.23. The fourth-order valence-electron chi connectivity index (χ4n) is 1.63. The van der Waals surface area contributed by atoms with Crippen LogP contribution in [0.2, 0.25) is 0 Å². The highest BCUT2D eigenvalue weighted by molar-refractivity contribution is 5.28. The number of allylic oxidation sites excluding steroid dienone is 2. The Morgan fingerprint density at radius 2 is 2.42 bits per heavy atom. The van der Waals surface area contributed by atoms with E-state index in [1.165, 1.54) is 6.08 Å². The van der Waals surface area contributed by atoms with Crippen molar-refractivity contribution in [3.05, 3.63) is 36.2 Å². The average Bonchev–Trinajstić information content (AvgIpc) is 2.07. The van der Waals surface area contributed by atoms with E-state index in [-0.39, 0.29) is 17.8 Å². The quantitative estimate of drug-likeness (QED) is 0.502. The zero-order chi connectivity index (χ0) is 8.55. The fraction of sp³-hybridized carbons (Fsp3) is 0.400. The van der Waals surface area contributed by atoms with Crippen LogP contribution in [0.1, 0.15) is 6.42 Å². The van der Waals surface area contributed by atoms with Gasteiger partial charge in [-0.1, -0.05) is 18.2 Å². The second-order valence-corrected chi connectivity index (χ2v) is 3.18. The van der Waals surface area contributed by atoms with Gasteiger partial charge in [0.1, 0.15) is 5.83 Å². The predicted octanol–water partition coefficient (Wildman–Crippen LogP) is 2.37. The van der Waals surface area contributed by atoms with E-state index in [2.05, 4.69) is 6.58 Å². The SMILES string of the molecule is C=C1CCOC2C=CC(F)=CC12. The molecule has 0 N–H and O–H groups in total. The molecule has 1 nitrogen and oxygen atoms in total. The maximum Gasteiger partial charge on any atom is 0.119 e. The van der Waals surface area contributed by atoms with E-state index in [0.717, 1.165) is 12.0 Å². The maximum absolute atomic E-state index is 12.8. The molecule has 1 aliphatic carbocycles. The van der Waals surface area contributed by atoms with Crippen LogP contribution in [-0.4, -0.2) is 12.7 Å². The van der Waals surface area contributed by atoms with Gasteiger partial charge < -0.3 is 4.74 Å². The molecule has 0 amide bonds. The van der Waals surface area contributed by atoms with Crippen LogP contribution in [0.5, 0.6) is 0 Å². The second kappa shape index (κ2) is 2.87. The summed E-state index contributed by atoms with van der Waals surface area (Å²) in [5.41, 5.74) is 1.07. The lowest BCUT2D eigenvalue weighted by Gasteiger charge is -2.31. The minimum Gasteiger partial charge on any atom is -0.373 e. The number of fused-ring (bicyclic) bond motifs is 1. The van der Waals surface area contributed by atoms with Gasteiger partial charge in [0.15, 0.2) is 0 Å². The van der Waals surface area contributed by atoms with Crippen LogP contribution in [0.25, 0.3) is 0 Å². The van der Waals surface area contributed by atoms with E-state index in [1.54, 1.807) is 12.2 Å². The highest BCUT2D eigenvalue weighted by atomic mass is 19.1. The molecule has 2 atom stereocenters. The normalized spacial score (nSPS) is 34.4. The molecule has 0 saturated carbocycles. The Morgan fingerprint density at radius 3 is 3.25 bits per heavy atom. The molecule has 0 aromatic carbocycles. The Bertz CT molecular complexity index is 265. The van der Waals surface area contributed by atoms with Crippen molar-refractivity contribution in [2.45, 2.75) is 12.5 Å². The number of hydrogen-bond donors (Lipinski definition) is 0. The van der Waals surface area contributed by atoms with E-state index in [4.69, 9.17) is 4.74 Å². The number of rotatable bonds is 0. The summed E-state index contributed by atoms with van der Waals surface area (Å²) in [4.78, 5) is 0. The summed E-state index contributed by atoms with van der Waals surface area (Å²) in [6.45, 7) is 4.62. The third-order valence-electron chi connectivity index (χ3n) is 2.34. The summed E-state index contributed by atoms with van der Waals surface area (Å²) in [5, 5.41) is 0. The number of ether oxygens (including phenoxy) is 1. The van der Waals surface area contributed by atoms with Crippen LogP contribution in [0.3, 0.4) is 0 Å². The second-order valence-electron chi connectivity index (χ2n) is 3.18. The molecule has 2 unspecified atom stereocenters. The molecule has 0 aromatic rings. The van der Waals surface area contributed by atoms with Crippen LogP contribution in [0, 0.1) is 5.92 Å². The summed E-state index contributed by atoms with van der Waals surface area (Å²) in [6, 6.07) is 0. The Morgan fingerprint density at radius 1 is 1.58 bits per heavy atom. The van der Waals surface area contributed by atoms with Gasteiger partial charge >= 0.3 is 0 Å². The predicted molar refractivity (Wildman–Crippen MR) is 45.3 cm³/mol. The summed E-state index contributed by atoms with van der Waals surface area (Å²) in [7, 11) is 0. The molecule has 1 fully saturated rings. The first-order valence-corrected chi connectivity index (χ1v) is 4.12. The first-order valence-electron chi connectivity index (χ1n) is 4.12. The molecule has 2 aliphatic rings. The molecule has 2 rings (SSSR count). The fourth-order valence-corrected chi connectivity index (χ4v) is 1.63. The topological polar surface area (TPSA) is 9.23 Å². The minimum absolute atomic E-state index is 0.0192. The summed E-state index contributed by atoms with van der Waals surface area (Å²) >= 11 is 0. The van der Waals surface area contributed by atoms with Crippen molar-refractivity contribution in [2.75, 3.05) is 6.61 Å². The molecule has 12 heavy (non-hydrogen) atoms. The van der Waals surface area contributed by atoms with Crippen LogP contribution in [-0.2, 0) is 4.74 Å². The van der Waals surface area contributed by atoms with Gasteiger partial charge in [-0.05, 0) is 18.6 Å². The Hall–Kier alpha value is -0.890. The number of halogens is 1. The zero-order valence-corrected chi connectivity index (χ0v) is 6.79. The average molecular weight is 166 g/mol. The van der Waals surface area contributed by atoms with Gasteiger partial charge in [-0.3, -0.25) is 0 Å². The van der Waals surface area contributed by atoms with Crippen molar-refractivity contribution in [3.8, 4) is 0 Å². The summed E-state index contributed by atoms with van der Waals surface area (Å²) < 4.78 is 18.2. The van der Waals surface area contributed by atoms with Crippen LogP contribution in [0.15, 0.2) is 36.2 Å². The van der Waals surface area contributed by atoms with Crippen LogP contribution in [0.4, 0.5) is 4.39 Å². The van der Waals surface area contributed by atoms with Gasteiger partial charge in [0.2, 0.25) is 0 Å². The van der Waals surface area contributed by atoms with Crippen molar-refractivity contribution in [1.82, 2.24) is 0 Å². The molecular formula is C10H11FO. The summed E-state index contributed by atoms with van der Waals surface area (Å²) in [5.74, 6) is -0.119. The molecule has 0 radical (unpaired) electrons. The van der Waals surface area contributed by atoms with Gasteiger partial charge in [-0.15, -0.1) is 0 Å². The van der Waals surface area contributed by atoms with E-state index in [0.29, 0.717) is 6.61 Å². The third-order valence-corrected chi connectivity index (χ3v) is 2.34. The van der Waals surface area contributed by atoms with Gasteiger partial charge in [0, 0.05) is 5.92 Å². The van der Waals surface area contributed by atoms with Crippen molar-refractivity contribution in [1.29, 1.82) is 0 Å². The van der Waals surface area contributed by atoms with Gasteiger partial charge in [0.05, 0.1) is 12.7 Å². The standard InChI is InChI=1S/C10H11FO/c1-7-4-5-12-10-3-2-8(11)6-9(7)10/h2-3,6,9-10H,1,4-5H2. The molecule has 64 valence electrons. The van der Waals surface area contributed by atoms with Crippen LogP contribution >= 0.6 is 0 Å². The van der Waals surface area contributed by atoms with E-state index < -0.39 is 0 Å². The molecule has 0 aromatic heterocycles. The van der Waals surface area contributed by atoms with Crippen LogP contribution < -0.4 is 0 Å². The van der Waals surface area contributed by atoms with Crippen molar-refractivity contribution in [3.63, 3.8) is 0 Å². The van der Waals surface area contributed by atoms with Crippen molar-refractivity contribution >= 4 is 0 Å². The van der Waals surface area contributed by atoms with Crippen molar-refractivity contribution < 1.29 is 9.13 Å². The van der Waals surface area contributed by atoms with E-state index in [9.17, 15) is 4.39 Å². The van der Waals surface area contributed by atoms with E-state index >= 15 is 0 Å². The lowest BCUT2D eigenvalue weighted by molar-refractivity contribution is 0.0432. The Labute approximate surface area is 71.2 Å². The molecule has 0 bridgehead atoms. The first kappa shape index (κ1) is 7.74. The monoisotopic (exact) mass is 166 g/mol. The molecule has 1 saturated heterocycles. The maximum atomic E-state index is 12.8. The Kier molecular flexibility index (Phi) is 1.85. The largest absolute Gasteiger partial charge is 0.373 e. The zero-order valence-electron chi connectivity index (χ0n) is 6.79. The van der Waals surface area contributed by atoms with Crippen molar-refractivity contribution in [2.24, 2.45) is 5.92 Å². The highest BCUT2D eigenvalue weighted by Crippen LogP contribution is 2.31. The van der Waals surface area contributed by atoms with E-state index in [1.807, 2.05) is 0 Å². The number of hydrogen-bond acceptors (Lipinski definition) is 1.